The van der Waals surface area contributed by atoms with Gasteiger partial charge < -0.3 is 14.8 Å². The number of aromatic nitrogens is 2. The van der Waals surface area contributed by atoms with Crippen molar-refractivity contribution < 1.29 is 9.32 Å². The van der Waals surface area contributed by atoms with Crippen LogP contribution in [0.4, 0.5) is 0 Å². The highest BCUT2D eigenvalue weighted by atomic mass is 16.5. The van der Waals surface area contributed by atoms with Crippen LogP contribution in [0.3, 0.4) is 0 Å². The van der Waals surface area contributed by atoms with Crippen LogP contribution in [0.1, 0.15) is 42.5 Å². The fraction of sp³-hybridized carbons (Fsp3) is 0.333. The second kappa shape index (κ2) is 5.91. The van der Waals surface area contributed by atoms with Crippen molar-refractivity contribution in [3.05, 3.63) is 53.5 Å². The number of aromatic amines is 1. The van der Waals surface area contributed by atoms with Crippen LogP contribution in [0.25, 0.3) is 10.9 Å². The predicted octanol–water partition coefficient (Wildman–Crippen LogP) is 3.43. The lowest BCUT2D eigenvalue weighted by molar-refractivity contribution is 0.0950. The van der Waals surface area contributed by atoms with Gasteiger partial charge in [-0.1, -0.05) is 32.0 Å². The molecule has 0 spiro atoms. The predicted molar refractivity (Wildman–Crippen MR) is 89.5 cm³/mol. The first-order chi connectivity index (χ1) is 10.9. The second-order valence-electron chi connectivity index (χ2n) is 6.73. The summed E-state index contributed by atoms with van der Waals surface area (Å²) in [4.78, 5) is 15.4. The average molecular weight is 311 g/mol. The van der Waals surface area contributed by atoms with Crippen molar-refractivity contribution in [2.75, 3.05) is 6.54 Å². The summed E-state index contributed by atoms with van der Waals surface area (Å²) in [6, 6.07) is 9.96. The van der Waals surface area contributed by atoms with E-state index in [9.17, 15) is 4.79 Å². The van der Waals surface area contributed by atoms with Gasteiger partial charge in [-0.05, 0) is 29.2 Å². The Balaban J connectivity index is 1.70. The van der Waals surface area contributed by atoms with Gasteiger partial charge in [0.25, 0.3) is 5.91 Å². The first kappa shape index (κ1) is 15.3. The molecule has 0 atom stereocenters. The number of benzene rings is 1. The molecule has 0 fully saturated rings. The van der Waals surface area contributed by atoms with Crippen LogP contribution in [0.5, 0.6) is 0 Å². The molecule has 120 valence electrons. The van der Waals surface area contributed by atoms with Gasteiger partial charge in [0, 0.05) is 29.9 Å². The molecule has 0 saturated carbocycles. The number of hydrogen-bond acceptors (Lipinski definition) is 3. The lowest BCUT2D eigenvalue weighted by atomic mass is 9.86. The minimum atomic E-state index is -0.109. The molecular weight excluding hydrogens is 290 g/mol. The highest BCUT2D eigenvalue weighted by molar-refractivity contribution is 5.98. The topological polar surface area (TPSA) is 70.9 Å². The largest absolute Gasteiger partial charge is 0.365 e. The van der Waals surface area contributed by atoms with E-state index in [1.54, 1.807) is 6.07 Å². The lowest BCUT2D eigenvalue weighted by Crippen LogP contribution is -2.25. The number of nitrogens with one attached hydrogen (secondary N) is 2. The molecule has 2 N–H and O–H groups in total. The Bertz CT molecular complexity index is 811. The van der Waals surface area contributed by atoms with Crippen LogP contribution in [0.2, 0.25) is 0 Å². The molecule has 0 radical (unpaired) electrons. The number of carbonyl (C=O) groups is 1. The van der Waals surface area contributed by atoms with Gasteiger partial charge in [0.1, 0.15) is 12.0 Å². The van der Waals surface area contributed by atoms with Crippen molar-refractivity contribution in [3.8, 4) is 0 Å². The quantitative estimate of drug-likeness (QED) is 0.775. The molecule has 2 aromatic heterocycles. The minimum Gasteiger partial charge on any atom is -0.365 e. The normalized spacial score (nSPS) is 11.8. The molecule has 0 saturated heterocycles. The summed E-state index contributed by atoms with van der Waals surface area (Å²) in [6.45, 7) is 7.06. The first-order valence-corrected chi connectivity index (χ1v) is 7.74. The maximum atomic E-state index is 12.2. The summed E-state index contributed by atoms with van der Waals surface area (Å²) < 4.78 is 4.77. The first-order valence-electron chi connectivity index (χ1n) is 7.74. The van der Waals surface area contributed by atoms with Crippen molar-refractivity contribution in [1.29, 1.82) is 0 Å². The highest BCUT2D eigenvalue weighted by Gasteiger charge is 2.15. The molecule has 5 heteroatoms. The van der Waals surface area contributed by atoms with Crippen LogP contribution in [0.15, 0.2) is 41.1 Å². The molecule has 0 unspecified atom stereocenters. The number of rotatable bonds is 4. The van der Waals surface area contributed by atoms with E-state index in [1.165, 1.54) is 11.8 Å². The zero-order valence-electron chi connectivity index (χ0n) is 13.6. The zero-order valence-corrected chi connectivity index (χ0v) is 13.6. The van der Waals surface area contributed by atoms with Gasteiger partial charge in [0.05, 0.1) is 5.69 Å². The van der Waals surface area contributed by atoms with Gasteiger partial charge >= 0.3 is 0 Å². The van der Waals surface area contributed by atoms with Gasteiger partial charge in [-0.2, -0.15) is 0 Å². The second-order valence-corrected chi connectivity index (χ2v) is 6.73. The van der Waals surface area contributed by atoms with E-state index in [0.717, 1.165) is 16.6 Å². The summed E-state index contributed by atoms with van der Waals surface area (Å²) in [5.41, 5.74) is 3.72. The molecule has 5 nitrogen and oxygen atoms in total. The van der Waals surface area contributed by atoms with E-state index in [1.807, 2.05) is 12.1 Å². The van der Waals surface area contributed by atoms with Crippen molar-refractivity contribution in [2.45, 2.75) is 32.6 Å². The summed E-state index contributed by atoms with van der Waals surface area (Å²) in [5.74, 6) is -0.109. The Morgan fingerprint density at radius 2 is 2.09 bits per heavy atom. The summed E-state index contributed by atoms with van der Waals surface area (Å²) in [6.07, 6.45) is 2.18. The SMILES string of the molecule is CC(C)(C)c1ccc2[nH]c(C(=O)NCCc3ccon3)cc2c1. The standard InChI is InChI=1S/C18H21N3O2/c1-18(2,3)13-4-5-15-12(10-13)11-16(20-15)17(22)19-8-6-14-7-9-23-21-14/h4-5,7,9-11,20H,6,8H2,1-3H3,(H,19,22). The molecule has 1 amide bonds. The Hall–Kier alpha value is -2.56. The van der Waals surface area contributed by atoms with Gasteiger partial charge in [-0.3, -0.25) is 4.79 Å². The molecule has 0 aliphatic heterocycles. The van der Waals surface area contributed by atoms with Gasteiger partial charge in [0.2, 0.25) is 0 Å². The third kappa shape index (κ3) is 3.44. The van der Waals surface area contributed by atoms with Crippen LogP contribution in [-0.2, 0) is 11.8 Å². The number of amides is 1. The Morgan fingerprint density at radius 1 is 1.26 bits per heavy atom. The van der Waals surface area contributed by atoms with E-state index < -0.39 is 0 Å². The smallest absolute Gasteiger partial charge is 0.267 e. The Labute approximate surface area is 135 Å². The third-order valence-electron chi connectivity index (χ3n) is 3.89. The molecule has 0 aliphatic rings. The molecule has 0 aliphatic carbocycles. The molecule has 0 bridgehead atoms. The maximum Gasteiger partial charge on any atom is 0.267 e. The van der Waals surface area contributed by atoms with E-state index in [-0.39, 0.29) is 11.3 Å². The van der Waals surface area contributed by atoms with Crippen LogP contribution < -0.4 is 5.32 Å². The number of carbonyl (C=O) groups excluding carboxylic acids is 1. The van der Waals surface area contributed by atoms with Crippen molar-refractivity contribution in [2.24, 2.45) is 0 Å². The molecule has 1 aromatic carbocycles. The maximum absolute atomic E-state index is 12.2. The molecule has 2 heterocycles. The Kier molecular flexibility index (Phi) is 3.94. The molecule has 23 heavy (non-hydrogen) atoms. The van der Waals surface area contributed by atoms with Crippen molar-refractivity contribution >= 4 is 16.8 Å². The fourth-order valence-corrected chi connectivity index (χ4v) is 2.49. The number of nitrogens with zero attached hydrogens (tertiary/aromatic N) is 1. The summed E-state index contributed by atoms with van der Waals surface area (Å²) >= 11 is 0. The van der Waals surface area contributed by atoms with Crippen LogP contribution >= 0.6 is 0 Å². The lowest BCUT2D eigenvalue weighted by Gasteiger charge is -2.18. The monoisotopic (exact) mass is 311 g/mol. The summed E-state index contributed by atoms with van der Waals surface area (Å²) in [5, 5.41) is 7.77. The molecular formula is C18H21N3O2. The summed E-state index contributed by atoms with van der Waals surface area (Å²) in [7, 11) is 0. The van der Waals surface area contributed by atoms with E-state index in [4.69, 9.17) is 4.52 Å². The number of fused-ring (bicyclic) bond motifs is 1. The van der Waals surface area contributed by atoms with Crippen LogP contribution in [-0.4, -0.2) is 22.6 Å². The van der Waals surface area contributed by atoms with E-state index >= 15 is 0 Å². The minimum absolute atomic E-state index is 0.0888. The number of H-pyrrole nitrogens is 1. The van der Waals surface area contributed by atoms with E-state index in [0.29, 0.717) is 18.7 Å². The third-order valence-corrected chi connectivity index (χ3v) is 3.89. The van der Waals surface area contributed by atoms with Crippen LogP contribution in [0, 0.1) is 0 Å². The van der Waals surface area contributed by atoms with Crippen molar-refractivity contribution in [3.63, 3.8) is 0 Å². The van der Waals surface area contributed by atoms with E-state index in [2.05, 4.69) is 48.4 Å². The molecule has 3 aromatic rings. The van der Waals surface area contributed by atoms with Gasteiger partial charge in [0.15, 0.2) is 0 Å². The molecule has 3 rings (SSSR count). The number of hydrogen-bond donors (Lipinski definition) is 2. The highest BCUT2D eigenvalue weighted by Crippen LogP contribution is 2.26. The van der Waals surface area contributed by atoms with Gasteiger partial charge in [-0.25, -0.2) is 0 Å². The fourth-order valence-electron chi connectivity index (χ4n) is 2.49. The van der Waals surface area contributed by atoms with Gasteiger partial charge in [-0.15, -0.1) is 0 Å². The Morgan fingerprint density at radius 3 is 2.78 bits per heavy atom. The zero-order chi connectivity index (χ0) is 16.4. The van der Waals surface area contributed by atoms with Crippen molar-refractivity contribution in [1.82, 2.24) is 15.5 Å². The average Bonchev–Trinajstić information content (AvgIpc) is 3.14.